The van der Waals surface area contributed by atoms with E-state index >= 15 is 0 Å². The zero-order chi connectivity index (χ0) is 17.5. The average Bonchev–Trinajstić information content (AvgIpc) is 3.20. The quantitative estimate of drug-likeness (QED) is 0.449. The highest BCUT2D eigenvalue weighted by atomic mass is 28.4. The molecule has 0 bridgehead atoms. The molecule has 23 heavy (non-hydrogen) atoms. The molecule has 1 nitrogen and oxygen atoms in total. The van der Waals surface area contributed by atoms with Gasteiger partial charge in [0.1, 0.15) is 0 Å². The minimum absolute atomic E-state index is 0.0643. The predicted molar refractivity (Wildman–Crippen MR) is 90.4 cm³/mol. The van der Waals surface area contributed by atoms with Gasteiger partial charge in [-0.3, -0.25) is 0 Å². The van der Waals surface area contributed by atoms with E-state index in [1.165, 1.54) is 12.1 Å². The molecule has 2 rings (SSSR count). The maximum Gasteiger partial charge on any atom is 0.416 e. The van der Waals surface area contributed by atoms with Crippen molar-refractivity contribution in [2.45, 2.75) is 57.9 Å². The Morgan fingerprint density at radius 2 is 1.78 bits per heavy atom. The van der Waals surface area contributed by atoms with Crippen LogP contribution in [0.3, 0.4) is 0 Å². The van der Waals surface area contributed by atoms with E-state index in [1.807, 2.05) is 0 Å². The van der Waals surface area contributed by atoms with Gasteiger partial charge in [-0.25, -0.2) is 0 Å². The van der Waals surface area contributed by atoms with Crippen molar-refractivity contribution in [3.05, 3.63) is 41.2 Å². The molecule has 0 radical (unpaired) electrons. The van der Waals surface area contributed by atoms with Crippen LogP contribution in [0.5, 0.6) is 0 Å². The van der Waals surface area contributed by atoms with Gasteiger partial charge in [0.15, 0.2) is 0 Å². The summed E-state index contributed by atoms with van der Waals surface area (Å²) < 4.78 is 45.0. The lowest BCUT2D eigenvalue weighted by molar-refractivity contribution is -0.137. The van der Waals surface area contributed by atoms with Crippen LogP contribution >= 0.6 is 0 Å². The number of hydrogen-bond acceptors (Lipinski definition) is 1. The normalized spacial score (nSPS) is 17.3. The van der Waals surface area contributed by atoms with Gasteiger partial charge in [-0.1, -0.05) is 32.9 Å². The van der Waals surface area contributed by atoms with E-state index in [9.17, 15) is 13.2 Å². The van der Waals surface area contributed by atoms with Gasteiger partial charge in [-0.2, -0.15) is 13.2 Å². The molecule has 1 aromatic carbocycles. The molecule has 0 amide bonds. The maximum atomic E-state index is 12.9. The third kappa shape index (κ3) is 4.63. The van der Waals surface area contributed by atoms with Crippen LogP contribution in [0.15, 0.2) is 30.0 Å². The van der Waals surface area contributed by atoms with Gasteiger partial charge in [0.05, 0.1) is 11.3 Å². The fourth-order valence-corrected chi connectivity index (χ4v) is 3.14. The Bertz CT molecular complexity index is 593. The van der Waals surface area contributed by atoms with Crippen molar-refractivity contribution >= 4 is 14.4 Å². The summed E-state index contributed by atoms with van der Waals surface area (Å²) in [6.07, 6.45) is -0.407. The van der Waals surface area contributed by atoms with Crippen LogP contribution in [0.4, 0.5) is 13.2 Å². The summed E-state index contributed by atoms with van der Waals surface area (Å²) in [6.45, 7) is 10.8. The first-order valence-corrected chi connectivity index (χ1v) is 10.9. The summed E-state index contributed by atoms with van der Waals surface area (Å²) in [5.41, 5.74) is -0.0610. The lowest BCUT2D eigenvalue weighted by Crippen LogP contribution is -2.40. The van der Waals surface area contributed by atoms with E-state index in [2.05, 4.69) is 33.9 Å². The second-order valence-corrected chi connectivity index (χ2v) is 12.5. The first-order valence-electron chi connectivity index (χ1n) is 7.98. The molecule has 0 aliphatic heterocycles. The molecule has 0 heterocycles. The van der Waals surface area contributed by atoms with Crippen molar-refractivity contribution in [3.8, 4) is 0 Å². The molecule has 5 heteroatoms. The molecule has 1 saturated carbocycles. The third-order valence-electron chi connectivity index (χ3n) is 4.68. The number of benzene rings is 1. The van der Waals surface area contributed by atoms with E-state index in [0.717, 1.165) is 24.7 Å². The summed E-state index contributed by atoms with van der Waals surface area (Å²) in [5.74, 6) is 1.22. The van der Waals surface area contributed by atoms with E-state index in [-0.39, 0.29) is 5.04 Å². The number of halogens is 3. The van der Waals surface area contributed by atoms with E-state index in [1.54, 1.807) is 12.1 Å². The molecule has 1 aromatic rings. The SMILES string of the molecule is CC(C)(C)[Si](C)(C)O/C(=C\c1cccc(C(F)(F)F)c1)C1CC1. The van der Waals surface area contributed by atoms with Crippen molar-refractivity contribution in [2.24, 2.45) is 5.92 Å². The molecule has 0 spiro atoms. The van der Waals surface area contributed by atoms with Gasteiger partial charge in [0.2, 0.25) is 8.32 Å². The van der Waals surface area contributed by atoms with Gasteiger partial charge >= 0.3 is 6.18 Å². The fourth-order valence-electron chi connectivity index (χ4n) is 2.02. The van der Waals surface area contributed by atoms with Crippen LogP contribution in [-0.2, 0) is 10.6 Å². The van der Waals surface area contributed by atoms with Crippen molar-refractivity contribution in [2.75, 3.05) is 0 Å². The topological polar surface area (TPSA) is 9.23 Å². The highest BCUT2D eigenvalue weighted by molar-refractivity contribution is 6.74. The molecular weight excluding hydrogens is 317 g/mol. The average molecular weight is 342 g/mol. The van der Waals surface area contributed by atoms with Crippen molar-refractivity contribution in [1.29, 1.82) is 0 Å². The zero-order valence-electron chi connectivity index (χ0n) is 14.4. The van der Waals surface area contributed by atoms with E-state index < -0.39 is 20.1 Å². The number of allylic oxidation sites excluding steroid dienone is 1. The second kappa shape index (κ2) is 6.00. The van der Waals surface area contributed by atoms with E-state index in [4.69, 9.17) is 4.43 Å². The van der Waals surface area contributed by atoms with Crippen LogP contribution in [0.2, 0.25) is 18.1 Å². The number of hydrogen-bond donors (Lipinski definition) is 0. The van der Waals surface area contributed by atoms with Gasteiger partial charge in [0.25, 0.3) is 0 Å². The Labute approximate surface area is 137 Å². The summed E-state index contributed by atoms with van der Waals surface area (Å²) >= 11 is 0. The maximum absolute atomic E-state index is 12.9. The smallest absolute Gasteiger partial charge is 0.416 e. The highest BCUT2D eigenvalue weighted by Gasteiger charge is 2.41. The Morgan fingerprint density at radius 1 is 1.17 bits per heavy atom. The Morgan fingerprint density at radius 3 is 2.26 bits per heavy atom. The molecular formula is C18H25F3OSi. The molecule has 0 N–H and O–H groups in total. The molecule has 1 aliphatic rings. The van der Waals surface area contributed by atoms with Crippen molar-refractivity contribution in [1.82, 2.24) is 0 Å². The molecule has 1 fully saturated rings. The number of rotatable bonds is 4. The highest BCUT2D eigenvalue weighted by Crippen LogP contribution is 2.44. The van der Waals surface area contributed by atoms with Crippen LogP contribution in [-0.4, -0.2) is 8.32 Å². The lowest BCUT2D eigenvalue weighted by atomic mass is 10.1. The van der Waals surface area contributed by atoms with Gasteiger partial charge < -0.3 is 4.43 Å². The van der Waals surface area contributed by atoms with Crippen LogP contribution in [0.1, 0.15) is 44.7 Å². The molecule has 0 unspecified atom stereocenters. The molecule has 0 atom stereocenters. The minimum Gasteiger partial charge on any atom is -0.546 e. The van der Waals surface area contributed by atoms with Crippen LogP contribution < -0.4 is 0 Å². The van der Waals surface area contributed by atoms with E-state index in [0.29, 0.717) is 11.5 Å². The summed E-state index contributed by atoms with van der Waals surface area (Å²) in [6, 6.07) is 5.44. The van der Waals surface area contributed by atoms with Crippen LogP contribution in [0, 0.1) is 5.92 Å². The summed E-state index contributed by atoms with van der Waals surface area (Å²) in [7, 11) is -1.99. The Balaban J connectivity index is 2.30. The molecule has 1 aliphatic carbocycles. The summed E-state index contributed by atoms with van der Waals surface area (Å²) in [4.78, 5) is 0. The summed E-state index contributed by atoms with van der Waals surface area (Å²) in [5, 5.41) is 0.0643. The Kier molecular flexibility index (Phi) is 4.73. The first-order chi connectivity index (χ1) is 10.4. The first kappa shape index (κ1) is 18.1. The monoisotopic (exact) mass is 342 g/mol. The molecule has 0 saturated heterocycles. The number of alkyl halides is 3. The predicted octanol–water partition coefficient (Wildman–Crippen LogP) is 6.48. The van der Waals surface area contributed by atoms with Crippen molar-refractivity contribution < 1.29 is 17.6 Å². The third-order valence-corrected chi connectivity index (χ3v) is 9.04. The van der Waals surface area contributed by atoms with Crippen LogP contribution in [0.25, 0.3) is 6.08 Å². The standard InChI is InChI=1S/C18H25F3OSi/c1-17(2,3)23(4,5)22-16(14-9-10-14)12-13-7-6-8-15(11-13)18(19,20)21/h6-8,11-12,14H,9-10H2,1-5H3/b16-12-. The Hall–Kier alpha value is -1.23. The fraction of sp³-hybridized carbons (Fsp3) is 0.556. The largest absolute Gasteiger partial charge is 0.546 e. The van der Waals surface area contributed by atoms with Crippen molar-refractivity contribution in [3.63, 3.8) is 0 Å². The minimum atomic E-state index is -4.32. The van der Waals surface area contributed by atoms with Gasteiger partial charge in [-0.05, 0) is 54.7 Å². The van der Waals surface area contributed by atoms with Gasteiger partial charge in [-0.15, -0.1) is 0 Å². The second-order valence-electron chi connectivity index (χ2n) is 7.81. The molecule has 128 valence electrons. The zero-order valence-corrected chi connectivity index (χ0v) is 15.4. The molecule has 0 aromatic heterocycles. The van der Waals surface area contributed by atoms with Gasteiger partial charge in [0, 0.05) is 5.92 Å². The lowest BCUT2D eigenvalue weighted by Gasteiger charge is -2.37.